The summed E-state index contributed by atoms with van der Waals surface area (Å²) in [6, 6.07) is 14.5. The van der Waals surface area contributed by atoms with Crippen LogP contribution in [0, 0.1) is 0 Å². The quantitative estimate of drug-likeness (QED) is 0.709. The van der Waals surface area contributed by atoms with Crippen molar-refractivity contribution in [1.82, 2.24) is 9.80 Å². The zero-order valence-corrected chi connectivity index (χ0v) is 19.5. The second-order valence-electron chi connectivity index (χ2n) is 8.63. The lowest BCUT2D eigenvalue weighted by Crippen LogP contribution is -2.46. The van der Waals surface area contributed by atoms with Gasteiger partial charge >= 0.3 is 0 Å². The third kappa shape index (κ3) is 4.47. The van der Waals surface area contributed by atoms with Crippen LogP contribution in [0.15, 0.2) is 54.2 Å². The maximum atomic E-state index is 13.7. The molecule has 0 radical (unpaired) electrons. The first kappa shape index (κ1) is 22.5. The van der Waals surface area contributed by atoms with E-state index in [1.165, 1.54) is 11.8 Å². The van der Waals surface area contributed by atoms with Crippen LogP contribution in [0.1, 0.15) is 12.5 Å². The number of imide groups is 1. The van der Waals surface area contributed by atoms with Crippen molar-refractivity contribution in [1.29, 1.82) is 0 Å². The Morgan fingerprint density at radius 1 is 0.939 bits per heavy atom. The topological polar surface area (TPSA) is 76.2 Å². The maximum Gasteiger partial charge on any atom is 0.282 e. The first-order valence-electron chi connectivity index (χ1n) is 11.0. The van der Waals surface area contributed by atoms with Crippen LogP contribution < -0.4 is 15.1 Å². The molecule has 1 N–H and O–H groups in total. The van der Waals surface area contributed by atoms with Gasteiger partial charge in [0.25, 0.3) is 11.8 Å². The number of rotatable bonds is 5. The Hall–Kier alpha value is -3.65. The average molecular weight is 448 g/mol. The zero-order valence-electron chi connectivity index (χ0n) is 19.5. The molecule has 2 aliphatic rings. The highest BCUT2D eigenvalue weighted by Crippen LogP contribution is 2.36. The molecule has 0 atom stereocenters. The standard InChI is InChI=1S/C25H29N5O3/c1-17(31)26-19-10-8-18(9-11-19)22-23(29-14-12-28(4)13-15-29)25(33)30(24(22)32)21-7-5-6-20(16-21)27(2)3/h5-11,16H,12-15H2,1-4H3,(H,26,31). The van der Waals surface area contributed by atoms with E-state index >= 15 is 0 Å². The van der Waals surface area contributed by atoms with E-state index in [0.29, 0.717) is 41.3 Å². The number of nitrogens with zero attached hydrogens (tertiary/aromatic N) is 4. The second-order valence-corrected chi connectivity index (χ2v) is 8.63. The number of hydrogen-bond donors (Lipinski definition) is 1. The highest BCUT2D eigenvalue weighted by Gasteiger charge is 2.43. The summed E-state index contributed by atoms with van der Waals surface area (Å²) in [4.78, 5) is 46.2. The van der Waals surface area contributed by atoms with Crippen molar-refractivity contribution in [3.8, 4) is 0 Å². The monoisotopic (exact) mass is 447 g/mol. The van der Waals surface area contributed by atoms with Gasteiger partial charge in [-0.05, 0) is 42.9 Å². The summed E-state index contributed by atoms with van der Waals surface area (Å²) in [5, 5.41) is 2.74. The van der Waals surface area contributed by atoms with Gasteiger partial charge in [0.05, 0.1) is 11.3 Å². The van der Waals surface area contributed by atoms with Crippen LogP contribution in [0.3, 0.4) is 0 Å². The molecule has 3 amide bonds. The SMILES string of the molecule is CC(=O)Nc1ccc(C2=C(N3CCN(C)CC3)C(=O)N(c3cccc(N(C)C)c3)C2=O)cc1. The summed E-state index contributed by atoms with van der Waals surface area (Å²) in [6.07, 6.45) is 0. The van der Waals surface area contributed by atoms with E-state index in [2.05, 4.69) is 10.2 Å². The van der Waals surface area contributed by atoms with Gasteiger partial charge in [-0.1, -0.05) is 18.2 Å². The summed E-state index contributed by atoms with van der Waals surface area (Å²) in [5.74, 6) is -0.808. The molecule has 2 aromatic carbocycles. The Kier molecular flexibility index (Phi) is 6.20. The summed E-state index contributed by atoms with van der Waals surface area (Å²) >= 11 is 0. The first-order chi connectivity index (χ1) is 15.8. The van der Waals surface area contributed by atoms with Crippen LogP contribution in [0.5, 0.6) is 0 Å². The molecule has 33 heavy (non-hydrogen) atoms. The van der Waals surface area contributed by atoms with E-state index in [0.717, 1.165) is 18.8 Å². The summed E-state index contributed by atoms with van der Waals surface area (Å²) < 4.78 is 0. The molecule has 0 spiro atoms. The number of piperazine rings is 1. The predicted molar refractivity (Wildman–Crippen MR) is 130 cm³/mol. The fourth-order valence-corrected chi connectivity index (χ4v) is 4.17. The molecule has 2 heterocycles. The van der Waals surface area contributed by atoms with Crippen molar-refractivity contribution < 1.29 is 14.4 Å². The summed E-state index contributed by atoms with van der Waals surface area (Å²) in [5.41, 5.74) is 3.59. The van der Waals surface area contributed by atoms with Crippen molar-refractivity contribution in [3.63, 3.8) is 0 Å². The average Bonchev–Trinajstić information content (AvgIpc) is 3.04. The van der Waals surface area contributed by atoms with E-state index in [-0.39, 0.29) is 17.7 Å². The van der Waals surface area contributed by atoms with Gasteiger partial charge in [0.15, 0.2) is 0 Å². The molecular formula is C25H29N5O3. The third-order valence-corrected chi connectivity index (χ3v) is 5.98. The van der Waals surface area contributed by atoms with Crippen LogP contribution in [-0.4, -0.2) is 74.8 Å². The molecule has 0 saturated carbocycles. The van der Waals surface area contributed by atoms with Gasteiger partial charge < -0.3 is 20.0 Å². The van der Waals surface area contributed by atoms with Crippen LogP contribution in [0.2, 0.25) is 0 Å². The molecule has 1 saturated heterocycles. The minimum Gasteiger partial charge on any atom is -0.378 e. The van der Waals surface area contributed by atoms with E-state index in [4.69, 9.17) is 0 Å². The summed E-state index contributed by atoms with van der Waals surface area (Å²) in [6.45, 7) is 4.42. The van der Waals surface area contributed by atoms with Gasteiger partial charge in [-0.3, -0.25) is 14.4 Å². The number of benzene rings is 2. The number of carbonyl (C=O) groups excluding carboxylic acids is 3. The van der Waals surface area contributed by atoms with Crippen molar-refractivity contribution in [2.75, 3.05) is 62.4 Å². The number of anilines is 3. The number of amides is 3. The van der Waals surface area contributed by atoms with Gasteiger partial charge in [0, 0.05) is 58.6 Å². The predicted octanol–water partition coefficient (Wildman–Crippen LogP) is 2.24. The van der Waals surface area contributed by atoms with Gasteiger partial charge in [0.1, 0.15) is 5.70 Å². The molecule has 2 aliphatic heterocycles. The zero-order chi connectivity index (χ0) is 23.7. The molecule has 1 fully saturated rings. The minimum atomic E-state index is -0.336. The van der Waals surface area contributed by atoms with Crippen LogP contribution in [0.25, 0.3) is 5.57 Å². The number of hydrogen-bond acceptors (Lipinski definition) is 6. The van der Waals surface area contributed by atoms with Crippen LogP contribution >= 0.6 is 0 Å². The Labute approximate surface area is 194 Å². The summed E-state index contributed by atoms with van der Waals surface area (Å²) in [7, 11) is 5.89. The van der Waals surface area contributed by atoms with E-state index in [9.17, 15) is 14.4 Å². The van der Waals surface area contributed by atoms with Gasteiger partial charge in [-0.15, -0.1) is 0 Å². The Balaban J connectivity index is 1.77. The molecule has 0 unspecified atom stereocenters. The number of likely N-dealkylation sites (N-methyl/N-ethyl adjacent to an activating group) is 1. The van der Waals surface area contributed by atoms with Gasteiger partial charge in [0.2, 0.25) is 5.91 Å². The maximum absolute atomic E-state index is 13.7. The molecule has 0 aliphatic carbocycles. The normalized spacial score (nSPS) is 17.1. The fourth-order valence-electron chi connectivity index (χ4n) is 4.17. The molecule has 0 aromatic heterocycles. The lowest BCUT2D eigenvalue weighted by atomic mass is 10.0. The van der Waals surface area contributed by atoms with Crippen LogP contribution in [0.4, 0.5) is 17.1 Å². The Bertz CT molecular complexity index is 1120. The molecule has 172 valence electrons. The van der Waals surface area contributed by atoms with Crippen molar-refractivity contribution in [2.45, 2.75) is 6.92 Å². The minimum absolute atomic E-state index is 0.167. The van der Waals surface area contributed by atoms with E-state index in [1.807, 2.05) is 49.1 Å². The Morgan fingerprint density at radius 2 is 1.61 bits per heavy atom. The Morgan fingerprint density at radius 3 is 2.21 bits per heavy atom. The van der Waals surface area contributed by atoms with Crippen LogP contribution in [-0.2, 0) is 14.4 Å². The highest BCUT2D eigenvalue weighted by molar-refractivity contribution is 6.45. The van der Waals surface area contributed by atoms with Crippen molar-refractivity contribution in [2.24, 2.45) is 0 Å². The number of nitrogens with one attached hydrogen (secondary N) is 1. The number of carbonyl (C=O) groups is 3. The first-order valence-corrected chi connectivity index (χ1v) is 11.0. The smallest absolute Gasteiger partial charge is 0.282 e. The van der Waals surface area contributed by atoms with E-state index < -0.39 is 0 Å². The van der Waals surface area contributed by atoms with Gasteiger partial charge in [-0.25, -0.2) is 4.90 Å². The third-order valence-electron chi connectivity index (χ3n) is 5.98. The molecule has 0 bridgehead atoms. The van der Waals surface area contributed by atoms with Crippen molar-refractivity contribution >= 4 is 40.4 Å². The van der Waals surface area contributed by atoms with Crippen molar-refractivity contribution in [3.05, 3.63) is 59.8 Å². The second kappa shape index (κ2) is 9.07. The molecule has 8 nitrogen and oxygen atoms in total. The van der Waals surface area contributed by atoms with Gasteiger partial charge in [-0.2, -0.15) is 0 Å². The largest absolute Gasteiger partial charge is 0.378 e. The van der Waals surface area contributed by atoms with E-state index in [1.54, 1.807) is 30.3 Å². The molecule has 2 aromatic rings. The lowest BCUT2D eigenvalue weighted by Gasteiger charge is -2.34. The highest BCUT2D eigenvalue weighted by atomic mass is 16.2. The molecule has 4 rings (SSSR count). The molecule has 8 heteroatoms. The fraction of sp³-hybridized carbons (Fsp3) is 0.320. The molecular weight excluding hydrogens is 418 g/mol. The lowest BCUT2D eigenvalue weighted by molar-refractivity contribution is -0.121.